The molecule has 6 heteroatoms. The van der Waals surface area contributed by atoms with Crippen LogP contribution in [0.25, 0.3) is 0 Å². The Morgan fingerprint density at radius 1 is 1.31 bits per heavy atom. The molecule has 1 aliphatic carbocycles. The maximum atomic E-state index is 6.37. The molecular weight excluding hydrogens is 345 g/mol. The zero-order valence-electron chi connectivity index (χ0n) is 7.53. The first-order valence-electron chi connectivity index (χ1n) is 3.60. The first-order valence-corrected chi connectivity index (χ1v) is 15.1. The maximum Gasteiger partial charge on any atom is -1.00 e. The van der Waals surface area contributed by atoms with E-state index < -0.39 is 25.6 Å². The smallest absolute Gasteiger partial charge is 1.00 e. The van der Waals surface area contributed by atoms with Crippen LogP contribution in [0.5, 0.6) is 0 Å². The van der Waals surface area contributed by atoms with Crippen LogP contribution in [0.2, 0.25) is 13.1 Å². The molecule has 1 aliphatic rings. The SMILES string of the molecule is C[SiH](C)[Zr+3]([Cl])[C]1=CC=CC1.[Cl-].[Cl-].[Cl-]. The van der Waals surface area contributed by atoms with Crippen molar-refractivity contribution < 1.29 is 56.9 Å². The minimum atomic E-state index is -1.45. The maximum absolute atomic E-state index is 6.37. The summed E-state index contributed by atoms with van der Waals surface area (Å²) >= 11 is -1.45. The molecule has 0 atom stereocenters. The number of halogens is 4. The van der Waals surface area contributed by atoms with Crippen LogP contribution in [0.4, 0.5) is 0 Å². The van der Waals surface area contributed by atoms with Gasteiger partial charge in [-0.3, -0.25) is 0 Å². The third-order valence-electron chi connectivity index (χ3n) is 1.58. The number of hydrogen-bond acceptors (Lipinski definition) is 0. The fourth-order valence-corrected chi connectivity index (χ4v) is 10.7. The van der Waals surface area contributed by atoms with Gasteiger partial charge in [0.1, 0.15) is 0 Å². The molecule has 0 saturated carbocycles. The largest absolute Gasteiger partial charge is 1.00 e. The molecular formula is C7H12Cl4SiZr. The Labute approximate surface area is 111 Å². The normalized spacial score (nSPS) is 11.8. The Balaban J connectivity index is -0.000000333. The third-order valence-corrected chi connectivity index (χ3v) is 23.9. The second kappa shape index (κ2) is 10.3. The van der Waals surface area contributed by atoms with E-state index >= 15 is 0 Å². The van der Waals surface area contributed by atoms with E-state index in [2.05, 4.69) is 31.3 Å². The Morgan fingerprint density at radius 3 is 2.15 bits per heavy atom. The number of hydrogen-bond donors (Lipinski definition) is 0. The molecule has 76 valence electrons. The summed E-state index contributed by atoms with van der Waals surface area (Å²) < 4.78 is 1.62. The van der Waals surface area contributed by atoms with Crippen molar-refractivity contribution in [2.45, 2.75) is 19.5 Å². The van der Waals surface area contributed by atoms with Crippen molar-refractivity contribution in [3.63, 3.8) is 0 Å². The van der Waals surface area contributed by atoms with E-state index in [9.17, 15) is 0 Å². The molecule has 0 nitrogen and oxygen atoms in total. The summed E-state index contributed by atoms with van der Waals surface area (Å²) in [5.41, 5.74) is 0. The predicted molar refractivity (Wildman–Crippen MR) is 46.6 cm³/mol. The van der Waals surface area contributed by atoms with E-state index in [-0.39, 0.29) is 37.2 Å². The fourth-order valence-electron chi connectivity index (χ4n) is 0.995. The topological polar surface area (TPSA) is 0 Å². The van der Waals surface area contributed by atoms with Gasteiger partial charge in [0, 0.05) is 0 Å². The van der Waals surface area contributed by atoms with Gasteiger partial charge in [-0.2, -0.15) is 0 Å². The zero-order chi connectivity index (χ0) is 7.56. The fraction of sp³-hybridized carbons (Fsp3) is 0.429. The molecule has 0 aromatic carbocycles. The average molecular weight is 357 g/mol. The third kappa shape index (κ3) is 6.76. The van der Waals surface area contributed by atoms with Gasteiger partial charge in [0.05, 0.1) is 0 Å². The molecule has 0 spiro atoms. The Bertz CT molecular complexity index is 181. The molecule has 0 radical (unpaired) electrons. The van der Waals surface area contributed by atoms with Crippen LogP contribution in [0, 0.1) is 0 Å². The molecule has 0 unspecified atom stereocenters. The summed E-state index contributed by atoms with van der Waals surface area (Å²) in [5, 5.41) is 0. The van der Waals surface area contributed by atoms with Gasteiger partial charge >= 0.3 is 75.2 Å². The monoisotopic (exact) mass is 354 g/mol. The van der Waals surface area contributed by atoms with E-state index in [0.29, 0.717) is 0 Å². The van der Waals surface area contributed by atoms with Crippen molar-refractivity contribution >= 4 is 14.4 Å². The van der Waals surface area contributed by atoms with Crippen LogP contribution < -0.4 is 37.2 Å². The van der Waals surface area contributed by atoms with E-state index in [1.807, 2.05) is 0 Å². The zero-order valence-corrected chi connectivity index (χ0v) is 14.2. The van der Waals surface area contributed by atoms with Crippen LogP contribution >= 0.6 is 8.51 Å². The van der Waals surface area contributed by atoms with Crippen molar-refractivity contribution in [3.8, 4) is 0 Å². The number of rotatable bonds is 2. The van der Waals surface area contributed by atoms with Gasteiger partial charge in [-0.25, -0.2) is 0 Å². The summed E-state index contributed by atoms with van der Waals surface area (Å²) in [7, 11) is 6.37. The quantitative estimate of drug-likeness (QED) is 0.432. The summed E-state index contributed by atoms with van der Waals surface area (Å²) in [5.74, 6) is -0.464. The van der Waals surface area contributed by atoms with Crippen LogP contribution in [0.15, 0.2) is 21.5 Å². The first-order chi connectivity index (χ1) is 4.72. The molecule has 0 bridgehead atoms. The van der Waals surface area contributed by atoms with Gasteiger partial charge in [0.15, 0.2) is 0 Å². The van der Waals surface area contributed by atoms with Gasteiger partial charge < -0.3 is 37.2 Å². The Hall–Kier alpha value is 1.74. The molecule has 0 N–H and O–H groups in total. The van der Waals surface area contributed by atoms with Gasteiger partial charge in [-0.1, -0.05) is 0 Å². The van der Waals surface area contributed by atoms with Gasteiger partial charge in [0.25, 0.3) is 0 Å². The molecule has 13 heavy (non-hydrogen) atoms. The number of allylic oxidation sites excluding steroid dienone is 4. The molecule has 1 rings (SSSR count). The summed E-state index contributed by atoms with van der Waals surface area (Å²) in [6, 6.07) is 0. The standard InChI is InChI=1S/C5H5.C2H7Si.4ClH.Zr/c1-2-4-5-3-1;1-3-2;;;;;/h1-3H,4H2;3H,1-2H3;4*1H;/q;;;;;;+4/p-4. The molecule has 0 amide bonds. The van der Waals surface area contributed by atoms with E-state index in [1.54, 1.807) is 3.28 Å². The summed E-state index contributed by atoms with van der Waals surface area (Å²) in [4.78, 5) is 0. The molecule has 0 aromatic heterocycles. The Morgan fingerprint density at radius 2 is 1.85 bits per heavy atom. The second-order valence-electron chi connectivity index (χ2n) is 2.83. The molecule has 0 fully saturated rings. The van der Waals surface area contributed by atoms with Crippen molar-refractivity contribution in [2.75, 3.05) is 0 Å². The van der Waals surface area contributed by atoms with Crippen LogP contribution in [0.1, 0.15) is 6.42 Å². The van der Waals surface area contributed by atoms with Crippen molar-refractivity contribution in [1.29, 1.82) is 0 Å². The minimum Gasteiger partial charge on any atom is -1.00 e. The molecule has 0 aliphatic heterocycles. The van der Waals surface area contributed by atoms with Crippen LogP contribution in [0.3, 0.4) is 0 Å². The van der Waals surface area contributed by atoms with Gasteiger partial charge in [0.2, 0.25) is 0 Å². The van der Waals surface area contributed by atoms with E-state index in [0.717, 1.165) is 0 Å². The van der Waals surface area contributed by atoms with Crippen LogP contribution in [-0.2, 0) is 19.7 Å². The summed E-state index contributed by atoms with van der Waals surface area (Å²) in [6.07, 6.45) is 7.78. The molecule has 0 heterocycles. The van der Waals surface area contributed by atoms with Crippen molar-refractivity contribution in [3.05, 3.63) is 21.5 Å². The first kappa shape index (κ1) is 20.2. The van der Waals surface area contributed by atoms with E-state index in [4.69, 9.17) is 8.51 Å². The predicted octanol–water partition coefficient (Wildman–Crippen LogP) is -6.40. The molecule has 0 saturated heterocycles. The Kier molecular flexibility index (Phi) is 15.9. The van der Waals surface area contributed by atoms with Gasteiger partial charge in [-0.15, -0.1) is 0 Å². The minimum absolute atomic E-state index is 0. The summed E-state index contributed by atoms with van der Waals surface area (Å²) in [6.45, 7) is 4.75. The van der Waals surface area contributed by atoms with Crippen molar-refractivity contribution in [1.82, 2.24) is 0 Å². The molecule has 0 aromatic rings. The average Bonchev–Trinajstić information content (AvgIpc) is 2.36. The van der Waals surface area contributed by atoms with E-state index in [1.165, 1.54) is 6.42 Å². The van der Waals surface area contributed by atoms with Crippen LogP contribution in [-0.4, -0.2) is 5.92 Å². The van der Waals surface area contributed by atoms with Gasteiger partial charge in [-0.05, 0) is 0 Å². The van der Waals surface area contributed by atoms with Crippen molar-refractivity contribution in [2.24, 2.45) is 0 Å². The second-order valence-corrected chi connectivity index (χ2v) is 24.9.